The minimum absolute atomic E-state index is 0.161. The van der Waals surface area contributed by atoms with Gasteiger partial charge in [0.2, 0.25) is 5.91 Å². The van der Waals surface area contributed by atoms with Crippen LogP contribution in [-0.2, 0) is 22.7 Å². The molecule has 0 unspecified atom stereocenters. The Balaban J connectivity index is 1.56. The first-order chi connectivity index (χ1) is 13.7. The first-order valence-corrected chi connectivity index (χ1v) is 10.6. The summed E-state index contributed by atoms with van der Waals surface area (Å²) in [6, 6.07) is 7.48. The molecule has 2 aromatic rings. The van der Waals surface area contributed by atoms with Crippen LogP contribution in [0.25, 0.3) is 0 Å². The van der Waals surface area contributed by atoms with Gasteiger partial charge in [0, 0.05) is 25.0 Å². The van der Waals surface area contributed by atoms with Gasteiger partial charge in [-0.05, 0) is 37.1 Å². The Labute approximate surface area is 170 Å². The predicted molar refractivity (Wildman–Crippen MR) is 109 cm³/mol. The zero-order valence-corrected chi connectivity index (χ0v) is 17.4. The SMILES string of the molecule is COCCN(Cc1csc(COc2ccc(OC)cc2)n1)C(=O)C1CCCC1. The van der Waals surface area contributed by atoms with Crippen LogP contribution < -0.4 is 9.47 Å². The molecular weight excluding hydrogens is 376 g/mol. The highest BCUT2D eigenvalue weighted by molar-refractivity contribution is 7.09. The van der Waals surface area contributed by atoms with E-state index in [1.807, 2.05) is 34.5 Å². The highest BCUT2D eigenvalue weighted by Crippen LogP contribution is 2.27. The van der Waals surface area contributed by atoms with E-state index in [0.717, 1.165) is 47.9 Å². The van der Waals surface area contributed by atoms with Crippen LogP contribution in [0.3, 0.4) is 0 Å². The minimum atomic E-state index is 0.161. The third-order valence-electron chi connectivity index (χ3n) is 4.96. The maximum atomic E-state index is 12.8. The van der Waals surface area contributed by atoms with Crippen molar-refractivity contribution in [1.82, 2.24) is 9.88 Å². The number of carbonyl (C=O) groups excluding carboxylic acids is 1. The Morgan fingerprint density at radius 1 is 1.18 bits per heavy atom. The lowest BCUT2D eigenvalue weighted by Gasteiger charge is -2.24. The van der Waals surface area contributed by atoms with Crippen LogP contribution in [0.4, 0.5) is 0 Å². The van der Waals surface area contributed by atoms with Crippen molar-refractivity contribution in [2.75, 3.05) is 27.4 Å². The van der Waals surface area contributed by atoms with Crippen molar-refractivity contribution in [3.8, 4) is 11.5 Å². The van der Waals surface area contributed by atoms with E-state index in [0.29, 0.717) is 26.3 Å². The number of amides is 1. The number of benzene rings is 1. The van der Waals surface area contributed by atoms with Gasteiger partial charge in [-0.2, -0.15) is 0 Å². The first kappa shape index (κ1) is 20.6. The van der Waals surface area contributed by atoms with Crippen LogP contribution >= 0.6 is 11.3 Å². The van der Waals surface area contributed by atoms with E-state index in [-0.39, 0.29) is 11.8 Å². The maximum absolute atomic E-state index is 12.8. The van der Waals surface area contributed by atoms with Gasteiger partial charge in [-0.15, -0.1) is 11.3 Å². The number of carbonyl (C=O) groups is 1. The molecule has 1 heterocycles. The summed E-state index contributed by atoms with van der Waals surface area (Å²) in [5, 5.41) is 2.90. The molecule has 0 spiro atoms. The maximum Gasteiger partial charge on any atom is 0.226 e. The highest BCUT2D eigenvalue weighted by Gasteiger charge is 2.27. The Morgan fingerprint density at radius 2 is 1.89 bits per heavy atom. The molecule has 7 heteroatoms. The standard InChI is InChI=1S/C21H28N2O4S/c1-25-12-11-23(21(24)16-5-3-4-6-16)13-17-15-28-20(22-17)14-27-19-9-7-18(26-2)8-10-19/h7-10,15-16H,3-6,11-14H2,1-2H3. The molecule has 152 valence electrons. The largest absolute Gasteiger partial charge is 0.497 e. The van der Waals surface area contributed by atoms with Gasteiger partial charge >= 0.3 is 0 Å². The molecule has 1 fully saturated rings. The minimum Gasteiger partial charge on any atom is -0.497 e. The summed E-state index contributed by atoms with van der Waals surface area (Å²) in [5.41, 5.74) is 0.904. The van der Waals surface area contributed by atoms with E-state index < -0.39 is 0 Å². The summed E-state index contributed by atoms with van der Waals surface area (Å²) in [6.07, 6.45) is 4.30. The van der Waals surface area contributed by atoms with Crippen molar-refractivity contribution < 1.29 is 19.0 Å². The highest BCUT2D eigenvalue weighted by atomic mass is 32.1. The topological polar surface area (TPSA) is 60.9 Å². The second-order valence-electron chi connectivity index (χ2n) is 6.93. The zero-order valence-electron chi connectivity index (χ0n) is 16.6. The average molecular weight is 405 g/mol. The van der Waals surface area contributed by atoms with Gasteiger partial charge < -0.3 is 19.1 Å². The Bertz CT molecular complexity index is 741. The molecule has 1 aromatic heterocycles. The van der Waals surface area contributed by atoms with Crippen LogP contribution in [0, 0.1) is 5.92 Å². The van der Waals surface area contributed by atoms with Crippen molar-refractivity contribution in [2.24, 2.45) is 5.92 Å². The molecule has 1 aliphatic rings. The molecule has 1 aromatic carbocycles. The number of hydrogen-bond donors (Lipinski definition) is 0. The smallest absolute Gasteiger partial charge is 0.226 e. The fraction of sp³-hybridized carbons (Fsp3) is 0.524. The van der Waals surface area contributed by atoms with Crippen LogP contribution in [0.2, 0.25) is 0 Å². The number of rotatable bonds is 10. The summed E-state index contributed by atoms with van der Waals surface area (Å²) in [7, 11) is 3.30. The van der Waals surface area contributed by atoms with Crippen molar-refractivity contribution in [3.63, 3.8) is 0 Å². The van der Waals surface area contributed by atoms with E-state index in [4.69, 9.17) is 14.2 Å². The van der Waals surface area contributed by atoms with Gasteiger partial charge in [0.05, 0.1) is 26.0 Å². The molecule has 3 rings (SSSR count). The zero-order chi connectivity index (χ0) is 19.8. The van der Waals surface area contributed by atoms with E-state index in [9.17, 15) is 4.79 Å². The van der Waals surface area contributed by atoms with Crippen LogP contribution in [0.1, 0.15) is 36.4 Å². The van der Waals surface area contributed by atoms with Gasteiger partial charge in [-0.3, -0.25) is 4.79 Å². The van der Waals surface area contributed by atoms with Crippen molar-refractivity contribution >= 4 is 17.2 Å². The molecule has 0 radical (unpaired) electrons. The molecule has 0 N–H and O–H groups in total. The summed E-state index contributed by atoms with van der Waals surface area (Å²) in [4.78, 5) is 19.4. The fourth-order valence-electron chi connectivity index (χ4n) is 3.40. The number of methoxy groups -OCH3 is 2. The third kappa shape index (κ3) is 5.69. The third-order valence-corrected chi connectivity index (χ3v) is 5.83. The number of nitrogens with zero attached hydrogens (tertiary/aromatic N) is 2. The summed E-state index contributed by atoms with van der Waals surface area (Å²) in [6.45, 7) is 2.07. The normalized spacial score (nSPS) is 14.2. The van der Waals surface area contributed by atoms with Crippen molar-refractivity contribution in [3.05, 3.63) is 40.3 Å². The van der Waals surface area contributed by atoms with E-state index >= 15 is 0 Å². The van der Waals surface area contributed by atoms with Gasteiger partial charge in [0.25, 0.3) is 0 Å². The second kappa shape index (κ2) is 10.4. The number of thiazole rings is 1. The Morgan fingerprint density at radius 3 is 2.57 bits per heavy atom. The molecule has 1 saturated carbocycles. The quantitative estimate of drug-likeness (QED) is 0.601. The molecule has 1 aliphatic carbocycles. The van der Waals surface area contributed by atoms with Gasteiger partial charge in [0.1, 0.15) is 23.1 Å². The lowest BCUT2D eigenvalue weighted by molar-refractivity contribution is -0.136. The van der Waals surface area contributed by atoms with Gasteiger partial charge in [0.15, 0.2) is 0 Å². The molecule has 1 amide bonds. The lowest BCUT2D eigenvalue weighted by atomic mass is 10.1. The van der Waals surface area contributed by atoms with Gasteiger partial charge in [-0.25, -0.2) is 4.98 Å². The first-order valence-electron chi connectivity index (χ1n) is 9.67. The van der Waals surface area contributed by atoms with E-state index in [1.165, 1.54) is 0 Å². The fourth-order valence-corrected chi connectivity index (χ4v) is 4.10. The number of ether oxygens (including phenoxy) is 3. The molecule has 28 heavy (non-hydrogen) atoms. The Hall–Kier alpha value is -2.12. The van der Waals surface area contributed by atoms with E-state index in [2.05, 4.69) is 4.98 Å². The average Bonchev–Trinajstić information content (AvgIpc) is 3.41. The summed E-state index contributed by atoms with van der Waals surface area (Å²) < 4.78 is 16.1. The lowest BCUT2D eigenvalue weighted by Crippen LogP contribution is -2.37. The summed E-state index contributed by atoms with van der Waals surface area (Å²) in [5.74, 6) is 1.97. The Kier molecular flexibility index (Phi) is 7.68. The van der Waals surface area contributed by atoms with Crippen LogP contribution in [0.5, 0.6) is 11.5 Å². The monoisotopic (exact) mass is 404 g/mol. The van der Waals surface area contributed by atoms with Crippen LogP contribution in [-0.4, -0.2) is 43.2 Å². The van der Waals surface area contributed by atoms with Crippen molar-refractivity contribution in [1.29, 1.82) is 0 Å². The predicted octanol–water partition coefficient (Wildman–Crippen LogP) is 3.90. The second-order valence-corrected chi connectivity index (χ2v) is 7.87. The van der Waals surface area contributed by atoms with E-state index in [1.54, 1.807) is 25.6 Å². The number of aromatic nitrogens is 1. The number of hydrogen-bond acceptors (Lipinski definition) is 6. The molecule has 6 nitrogen and oxygen atoms in total. The summed E-state index contributed by atoms with van der Waals surface area (Å²) >= 11 is 1.56. The molecule has 0 saturated heterocycles. The molecule has 0 bridgehead atoms. The van der Waals surface area contributed by atoms with Crippen molar-refractivity contribution in [2.45, 2.75) is 38.8 Å². The molecular formula is C21H28N2O4S. The van der Waals surface area contributed by atoms with Crippen LogP contribution in [0.15, 0.2) is 29.6 Å². The van der Waals surface area contributed by atoms with Gasteiger partial charge in [-0.1, -0.05) is 12.8 Å². The molecule has 0 aliphatic heterocycles. The molecule has 0 atom stereocenters.